The van der Waals surface area contributed by atoms with Crippen LogP contribution >= 0.6 is 0 Å². The number of allylic oxidation sites excluding steroid dienone is 7. The van der Waals surface area contributed by atoms with Crippen LogP contribution < -0.4 is 0 Å². The Balaban J connectivity index is 3.37. The van der Waals surface area contributed by atoms with Gasteiger partial charge in [0, 0.05) is 0 Å². The lowest BCUT2D eigenvalue weighted by Crippen LogP contribution is -2.06. The standard InChI is InChI=1S/C19H23S/c1-5-9-14-18(8-4)20(17(7-3)13-6-2)19-15-11-10-12-16-19/h5-16H,4H2,1-3H3/q+1/b9-5-,13-6-,17-7+,18-14+. The molecule has 1 aromatic carbocycles. The predicted octanol–water partition coefficient (Wildman–Crippen LogP) is 5.79. The van der Waals surface area contributed by atoms with Crippen molar-refractivity contribution in [3.63, 3.8) is 0 Å². The van der Waals surface area contributed by atoms with Gasteiger partial charge in [0.25, 0.3) is 0 Å². The van der Waals surface area contributed by atoms with E-state index in [-0.39, 0.29) is 10.9 Å². The van der Waals surface area contributed by atoms with Crippen LogP contribution in [0.5, 0.6) is 0 Å². The van der Waals surface area contributed by atoms with Crippen molar-refractivity contribution in [1.82, 2.24) is 0 Å². The number of rotatable bonds is 6. The highest BCUT2D eigenvalue weighted by atomic mass is 32.2. The monoisotopic (exact) mass is 283 g/mol. The Morgan fingerprint density at radius 1 is 1.00 bits per heavy atom. The van der Waals surface area contributed by atoms with Gasteiger partial charge in [0.15, 0.2) is 14.7 Å². The van der Waals surface area contributed by atoms with Crippen molar-refractivity contribution in [2.75, 3.05) is 0 Å². The van der Waals surface area contributed by atoms with Gasteiger partial charge in [-0.2, -0.15) is 0 Å². The van der Waals surface area contributed by atoms with Crippen molar-refractivity contribution >= 4 is 10.9 Å². The van der Waals surface area contributed by atoms with E-state index < -0.39 is 0 Å². The first-order chi connectivity index (χ1) is 9.78. The fourth-order valence-corrected chi connectivity index (χ4v) is 3.96. The minimum atomic E-state index is -0.0987. The topological polar surface area (TPSA) is 0 Å². The average Bonchev–Trinajstić information content (AvgIpc) is 2.50. The number of hydrogen-bond donors (Lipinski definition) is 0. The molecule has 1 aromatic rings. The van der Waals surface area contributed by atoms with E-state index in [2.05, 4.69) is 81.1 Å². The van der Waals surface area contributed by atoms with Crippen LogP contribution in [-0.2, 0) is 10.9 Å². The molecule has 0 nitrogen and oxygen atoms in total. The van der Waals surface area contributed by atoms with Crippen LogP contribution in [0.15, 0.2) is 94.1 Å². The van der Waals surface area contributed by atoms with Crippen LogP contribution in [0.1, 0.15) is 20.8 Å². The molecule has 1 heteroatoms. The van der Waals surface area contributed by atoms with E-state index in [0.29, 0.717) is 0 Å². The summed E-state index contributed by atoms with van der Waals surface area (Å²) in [6, 6.07) is 10.6. The van der Waals surface area contributed by atoms with Crippen molar-refractivity contribution in [3.8, 4) is 0 Å². The maximum Gasteiger partial charge on any atom is 0.166 e. The average molecular weight is 283 g/mol. The van der Waals surface area contributed by atoms with Gasteiger partial charge in [-0.1, -0.05) is 43.0 Å². The summed E-state index contributed by atoms with van der Waals surface area (Å²) in [6.07, 6.45) is 14.7. The van der Waals surface area contributed by atoms with Crippen LogP contribution in [0, 0.1) is 0 Å². The zero-order chi connectivity index (χ0) is 14.8. The maximum atomic E-state index is 3.99. The zero-order valence-corrected chi connectivity index (χ0v) is 13.4. The van der Waals surface area contributed by atoms with Gasteiger partial charge in [0.05, 0.1) is 10.9 Å². The van der Waals surface area contributed by atoms with Crippen molar-refractivity contribution in [3.05, 3.63) is 89.3 Å². The zero-order valence-electron chi connectivity index (χ0n) is 12.5. The fraction of sp³-hybridized carbons (Fsp3) is 0.158. The Kier molecular flexibility index (Phi) is 7.52. The summed E-state index contributed by atoms with van der Waals surface area (Å²) in [7, 11) is -0.0987. The lowest BCUT2D eigenvalue weighted by molar-refractivity contribution is 1.44. The normalized spacial score (nSPS) is 14.9. The van der Waals surface area contributed by atoms with Crippen LogP contribution in [-0.4, -0.2) is 0 Å². The summed E-state index contributed by atoms with van der Waals surface area (Å²) >= 11 is 0. The van der Waals surface area contributed by atoms with Crippen molar-refractivity contribution in [2.45, 2.75) is 25.7 Å². The van der Waals surface area contributed by atoms with Crippen molar-refractivity contribution < 1.29 is 0 Å². The van der Waals surface area contributed by atoms with Gasteiger partial charge >= 0.3 is 0 Å². The minimum absolute atomic E-state index is 0.0987. The van der Waals surface area contributed by atoms with Gasteiger partial charge in [-0.25, -0.2) is 0 Å². The van der Waals surface area contributed by atoms with Crippen molar-refractivity contribution in [1.29, 1.82) is 0 Å². The summed E-state index contributed by atoms with van der Waals surface area (Å²) < 4.78 is 0. The quantitative estimate of drug-likeness (QED) is 0.458. The van der Waals surface area contributed by atoms with E-state index in [1.165, 1.54) is 14.7 Å². The van der Waals surface area contributed by atoms with E-state index in [0.717, 1.165) is 0 Å². The Labute approximate surface area is 126 Å². The van der Waals surface area contributed by atoms with E-state index >= 15 is 0 Å². The van der Waals surface area contributed by atoms with Crippen molar-refractivity contribution in [2.24, 2.45) is 0 Å². The van der Waals surface area contributed by atoms with Crippen LogP contribution in [0.4, 0.5) is 0 Å². The second-order valence-corrected chi connectivity index (χ2v) is 6.14. The van der Waals surface area contributed by atoms with Crippen LogP contribution in [0.25, 0.3) is 0 Å². The first kappa shape index (κ1) is 16.3. The third kappa shape index (κ3) is 4.43. The summed E-state index contributed by atoms with van der Waals surface area (Å²) in [5, 5.41) is 0. The third-order valence-electron chi connectivity index (χ3n) is 2.72. The molecule has 0 aliphatic carbocycles. The van der Waals surface area contributed by atoms with Gasteiger partial charge in [-0.3, -0.25) is 0 Å². The van der Waals surface area contributed by atoms with Gasteiger partial charge in [0.2, 0.25) is 0 Å². The molecule has 0 radical (unpaired) electrons. The highest BCUT2D eigenvalue weighted by molar-refractivity contribution is 8.04. The maximum absolute atomic E-state index is 3.99. The van der Waals surface area contributed by atoms with E-state index in [1.54, 1.807) is 0 Å². The SMILES string of the molecule is C=C/C(=C\C=C/C)[S+](C(/C=C\C)=C/C)c1ccccc1. The van der Waals surface area contributed by atoms with Gasteiger partial charge in [-0.15, -0.1) is 0 Å². The molecule has 1 atom stereocenters. The van der Waals surface area contributed by atoms with E-state index in [9.17, 15) is 0 Å². The Hall–Kier alpha value is -1.73. The molecule has 0 heterocycles. The van der Waals surface area contributed by atoms with Crippen LogP contribution in [0.3, 0.4) is 0 Å². The highest BCUT2D eigenvalue weighted by Gasteiger charge is 2.29. The lowest BCUT2D eigenvalue weighted by Gasteiger charge is -2.08. The molecule has 1 unspecified atom stereocenters. The third-order valence-corrected chi connectivity index (χ3v) is 5.08. The minimum Gasteiger partial charge on any atom is -0.0940 e. The smallest absolute Gasteiger partial charge is 0.0940 e. The predicted molar refractivity (Wildman–Crippen MR) is 93.7 cm³/mol. The molecule has 0 aromatic heterocycles. The van der Waals surface area contributed by atoms with Gasteiger partial charge < -0.3 is 0 Å². The molecule has 0 amide bonds. The molecule has 0 aliphatic heterocycles. The molecule has 0 spiro atoms. The molecule has 0 saturated carbocycles. The highest BCUT2D eigenvalue weighted by Crippen LogP contribution is 2.30. The molecule has 20 heavy (non-hydrogen) atoms. The van der Waals surface area contributed by atoms with Crippen LogP contribution in [0.2, 0.25) is 0 Å². The molecule has 0 saturated heterocycles. The molecule has 0 fully saturated rings. The first-order valence-corrected chi connectivity index (χ1v) is 8.04. The summed E-state index contributed by atoms with van der Waals surface area (Å²) in [5.41, 5.74) is 0. The van der Waals surface area contributed by atoms with Gasteiger partial charge in [0.1, 0.15) is 0 Å². The molecule has 0 N–H and O–H groups in total. The number of benzene rings is 1. The second kappa shape index (κ2) is 9.22. The van der Waals surface area contributed by atoms with Gasteiger partial charge in [-0.05, 0) is 57.2 Å². The first-order valence-electron chi connectivity index (χ1n) is 6.82. The summed E-state index contributed by atoms with van der Waals surface area (Å²) in [4.78, 5) is 3.87. The molecule has 0 bridgehead atoms. The lowest BCUT2D eigenvalue weighted by atomic mass is 10.4. The van der Waals surface area contributed by atoms with E-state index in [4.69, 9.17) is 0 Å². The summed E-state index contributed by atoms with van der Waals surface area (Å²) in [6.45, 7) is 10.2. The fourth-order valence-electron chi connectivity index (χ4n) is 1.82. The Bertz CT molecular complexity index is 530. The molecular formula is C19H23S+. The van der Waals surface area contributed by atoms with E-state index in [1.807, 2.05) is 19.1 Å². The summed E-state index contributed by atoms with van der Waals surface area (Å²) in [5.74, 6) is 0. The molecule has 1 rings (SSSR count). The molecule has 0 aliphatic rings. The largest absolute Gasteiger partial charge is 0.166 e. The molecular weight excluding hydrogens is 260 g/mol. The Morgan fingerprint density at radius 3 is 2.20 bits per heavy atom. The second-order valence-electron chi connectivity index (χ2n) is 4.11. The Morgan fingerprint density at radius 2 is 1.70 bits per heavy atom. The number of hydrogen-bond acceptors (Lipinski definition) is 0. The molecule has 104 valence electrons.